The molecule has 4 heteroatoms. The first-order chi connectivity index (χ1) is 8.70. The summed E-state index contributed by atoms with van der Waals surface area (Å²) in [4.78, 5) is 2.42. The van der Waals surface area contributed by atoms with Crippen LogP contribution < -0.4 is 19.7 Å². The van der Waals surface area contributed by atoms with Gasteiger partial charge in [-0.3, -0.25) is 0 Å². The Morgan fingerprint density at radius 2 is 2.17 bits per heavy atom. The van der Waals surface area contributed by atoms with Gasteiger partial charge in [0.25, 0.3) is 0 Å². The van der Waals surface area contributed by atoms with Crippen LogP contribution >= 0.6 is 0 Å². The van der Waals surface area contributed by atoms with Crippen LogP contribution in [0.5, 0.6) is 11.5 Å². The molecule has 4 nitrogen and oxygen atoms in total. The molecule has 0 radical (unpaired) electrons. The molecule has 0 aliphatic carbocycles. The zero-order valence-electron chi connectivity index (χ0n) is 11.0. The molecule has 2 aliphatic heterocycles. The van der Waals surface area contributed by atoms with Crippen LogP contribution in [0.3, 0.4) is 0 Å². The van der Waals surface area contributed by atoms with Gasteiger partial charge in [-0.2, -0.15) is 0 Å². The SMILES string of the molecule is CCC1(C)CN(c2ccc3c(c2)OCO3)CCN1. The van der Waals surface area contributed by atoms with Crippen LogP contribution in [0.4, 0.5) is 5.69 Å². The van der Waals surface area contributed by atoms with Crippen LogP contribution in [-0.4, -0.2) is 32.0 Å². The maximum absolute atomic E-state index is 5.44. The van der Waals surface area contributed by atoms with Crippen molar-refractivity contribution in [1.29, 1.82) is 0 Å². The van der Waals surface area contributed by atoms with E-state index in [1.165, 1.54) is 5.69 Å². The van der Waals surface area contributed by atoms with E-state index >= 15 is 0 Å². The standard InChI is InChI=1S/C14H20N2O2/c1-3-14(2)9-16(7-6-15-14)11-4-5-12-13(8-11)18-10-17-12/h4-5,8,15H,3,6-7,9-10H2,1-2H3. The monoisotopic (exact) mass is 248 g/mol. The Balaban J connectivity index is 1.82. The van der Waals surface area contributed by atoms with Gasteiger partial charge in [-0.05, 0) is 25.5 Å². The Bertz CT molecular complexity index is 449. The van der Waals surface area contributed by atoms with E-state index in [1.54, 1.807) is 0 Å². The van der Waals surface area contributed by atoms with Crippen LogP contribution in [0.15, 0.2) is 18.2 Å². The van der Waals surface area contributed by atoms with Crippen LogP contribution in [-0.2, 0) is 0 Å². The molecule has 2 aliphatic rings. The lowest BCUT2D eigenvalue weighted by molar-refractivity contribution is 0.174. The molecule has 0 spiro atoms. The van der Waals surface area contributed by atoms with Crippen LogP contribution in [0.25, 0.3) is 0 Å². The van der Waals surface area contributed by atoms with E-state index in [4.69, 9.17) is 9.47 Å². The van der Waals surface area contributed by atoms with E-state index < -0.39 is 0 Å². The summed E-state index contributed by atoms with van der Waals surface area (Å²) in [7, 11) is 0. The Labute approximate surface area is 108 Å². The molecule has 1 fully saturated rings. The lowest BCUT2D eigenvalue weighted by atomic mass is 9.95. The minimum Gasteiger partial charge on any atom is -0.454 e. The van der Waals surface area contributed by atoms with Gasteiger partial charge in [0.15, 0.2) is 11.5 Å². The van der Waals surface area contributed by atoms with Crippen molar-refractivity contribution in [2.45, 2.75) is 25.8 Å². The molecule has 1 aromatic rings. The van der Waals surface area contributed by atoms with Gasteiger partial charge < -0.3 is 19.7 Å². The van der Waals surface area contributed by atoms with Gasteiger partial charge in [-0.15, -0.1) is 0 Å². The second-order valence-corrected chi connectivity index (χ2v) is 5.30. The van der Waals surface area contributed by atoms with Crippen molar-refractivity contribution in [2.24, 2.45) is 0 Å². The molecule has 0 bridgehead atoms. The largest absolute Gasteiger partial charge is 0.454 e. The lowest BCUT2D eigenvalue weighted by Crippen LogP contribution is -2.58. The molecule has 1 N–H and O–H groups in total. The average molecular weight is 248 g/mol. The number of hydrogen-bond donors (Lipinski definition) is 1. The molecule has 2 heterocycles. The second-order valence-electron chi connectivity index (χ2n) is 5.30. The summed E-state index contributed by atoms with van der Waals surface area (Å²) in [6.07, 6.45) is 1.13. The fourth-order valence-electron chi connectivity index (χ4n) is 2.59. The van der Waals surface area contributed by atoms with Crippen molar-refractivity contribution in [2.75, 3.05) is 31.3 Å². The fraction of sp³-hybridized carbons (Fsp3) is 0.571. The summed E-state index contributed by atoms with van der Waals surface area (Å²) in [5.74, 6) is 1.72. The van der Waals surface area contributed by atoms with Gasteiger partial charge >= 0.3 is 0 Å². The highest BCUT2D eigenvalue weighted by Crippen LogP contribution is 2.36. The third-order valence-electron chi connectivity index (χ3n) is 3.97. The molecule has 3 rings (SSSR count). The van der Waals surface area contributed by atoms with Crippen molar-refractivity contribution in [1.82, 2.24) is 5.32 Å². The number of anilines is 1. The van der Waals surface area contributed by atoms with E-state index in [1.807, 2.05) is 6.07 Å². The number of nitrogens with zero attached hydrogens (tertiary/aromatic N) is 1. The average Bonchev–Trinajstić information content (AvgIpc) is 2.86. The van der Waals surface area contributed by atoms with Crippen molar-refractivity contribution in [3.63, 3.8) is 0 Å². The number of ether oxygens (including phenoxy) is 2. The summed E-state index contributed by atoms with van der Waals surface area (Å²) in [6.45, 7) is 7.95. The topological polar surface area (TPSA) is 33.7 Å². The zero-order chi connectivity index (χ0) is 12.6. The summed E-state index contributed by atoms with van der Waals surface area (Å²) in [6, 6.07) is 6.21. The number of rotatable bonds is 2. The minimum absolute atomic E-state index is 0.203. The molecule has 1 aromatic carbocycles. The van der Waals surface area contributed by atoms with Crippen LogP contribution in [0, 0.1) is 0 Å². The van der Waals surface area contributed by atoms with Crippen LogP contribution in [0.1, 0.15) is 20.3 Å². The van der Waals surface area contributed by atoms with E-state index in [9.17, 15) is 0 Å². The van der Waals surface area contributed by atoms with E-state index in [0.717, 1.165) is 37.6 Å². The third-order valence-corrected chi connectivity index (χ3v) is 3.97. The Hall–Kier alpha value is -1.42. The van der Waals surface area contributed by atoms with Gasteiger partial charge in [-0.25, -0.2) is 0 Å². The fourth-order valence-corrected chi connectivity index (χ4v) is 2.59. The highest BCUT2D eigenvalue weighted by Gasteiger charge is 2.29. The maximum atomic E-state index is 5.44. The first-order valence-electron chi connectivity index (χ1n) is 6.60. The molecular weight excluding hydrogens is 228 g/mol. The maximum Gasteiger partial charge on any atom is 0.231 e. The quantitative estimate of drug-likeness (QED) is 0.868. The second kappa shape index (κ2) is 4.35. The number of hydrogen-bond acceptors (Lipinski definition) is 4. The summed E-state index contributed by atoms with van der Waals surface area (Å²) >= 11 is 0. The molecule has 1 atom stereocenters. The highest BCUT2D eigenvalue weighted by atomic mass is 16.7. The Morgan fingerprint density at radius 3 is 3.00 bits per heavy atom. The lowest BCUT2D eigenvalue weighted by Gasteiger charge is -2.42. The first kappa shape index (κ1) is 11.7. The summed E-state index contributed by atoms with van der Waals surface area (Å²) < 4.78 is 10.8. The van der Waals surface area contributed by atoms with E-state index in [0.29, 0.717) is 6.79 Å². The summed E-state index contributed by atoms with van der Waals surface area (Å²) in [5.41, 5.74) is 1.43. The molecule has 1 unspecified atom stereocenters. The summed E-state index contributed by atoms with van der Waals surface area (Å²) in [5, 5.41) is 3.60. The number of benzene rings is 1. The van der Waals surface area contributed by atoms with Gasteiger partial charge in [-0.1, -0.05) is 6.92 Å². The first-order valence-corrected chi connectivity index (χ1v) is 6.60. The molecule has 0 amide bonds. The van der Waals surface area contributed by atoms with Gasteiger partial charge in [0.05, 0.1) is 0 Å². The number of fused-ring (bicyclic) bond motifs is 1. The van der Waals surface area contributed by atoms with Gasteiger partial charge in [0, 0.05) is 36.9 Å². The van der Waals surface area contributed by atoms with Crippen molar-refractivity contribution >= 4 is 5.69 Å². The van der Waals surface area contributed by atoms with Crippen molar-refractivity contribution < 1.29 is 9.47 Å². The zero-order valence-corrected chi connectivity index (χ0v) is 11.0. The van der Waals surface area contributed by atoms with Gasteiger partial charge in [0.2, 0.25) is 6.79 Å². The molecule has 1 saturated heterocycles. The molecule has 0 saturated carbocycles. The third kappa shape index (κ3) is 2.01. The Kier molecular flexibility index (Phi) is 2.82. The number of piperazine rings is 1. The van der Waals surface area contributed by atoms with Crippen molar-refractivity contribution in [3.05, 3.63) is 18.2 Å². The number of nitrogens with one attached hydrogen (secondary N) is 1. The normalized spacial score (nSPS) is 26.4. The Morgan fingerprint density at radius 1 is 1.33 bits per heavy atom. The smallest absolute Gasteiger partial charge is 0.231 e. The predicted molar refractivity (Wildman–Crippen MR) is 71.5 cm³/mol. The predicted octanol–water partition coefficient (Wildman–Crippen LogP) is 1.99. The van der Waals surface area contributed by atoms with Crippen LogP contribution in [0.2, 0.25) is 0 Å². The van der Waals surface area contributed by atoms with Crippen molar-refractivity contribution in [3.8, 4) is 11.5 Å². The minimum atomic E-state index is 0.203. The highest BCUT2D eigenvalue weighted by molar-refractivity contribution is 5.57. The van der Waals surface area contributed by atoms with E-state index in [-0.39, 0.29) is 5.54 Å². The molecular formula is C14H20N2O2. The molecule has 0 aromatic heterocycles. The molecule has 18 heavy (non-hydrogen) atoms. The molecule has 98 valence electrons. The van der Waals surface area contributed by atoms with E-state index in [2.05, 4.69) is 36.2 Å². The van der Waals surface area contributed by atoms with Gasteiger partial charge in [0.1, 0.15) is 0 Å².